The number of amides is 2. The van der Waals surface area contributed by atoms with Gasteiger partial charge in [0.25, 0.3) is 0 Å². The average Bonchev–Trinajstić information content (AvgIpc) is 2.08. The molecule has 5 heteroatoms. The van der Waals surface area contributed by atoms with Gasteiger partial charge in [-0.3, -0.25) is 14.4 Å². The van der Waals surface area contributed by atoms with Gasteiger partial charge in [0.15, 0.2) is 5.78 Å². The lowest BCUT2D eigenvalue weighted by Crippen LogP contribution is -2.39. The third-order valence-corrected chi connectivity index (χ3v) is 1.91. The molecule has 0 aliphatic rings. The molecule has 0 aromatic carbocycles. The van der Waals surface area contributed by atoms with E-state index in [4.69, 9.17) is 0 Å². The van der Waals surface area contributed by atoms with Crippen LogP contribution in [0.25, 0.3) is 0 Å². The first-order chi connectivity index (χ1) is 6.93. The maximum atomic E-state index is 11.1. The fourth-order valence-electron chi connectivity index (χ4n) is 1.19. The van der Waals surface area contributed by atoms with Gasteiger partial charge >= 0.3 is 0 Å². The summed E-state index contributed by atoms with van der Waals surface area (Å²) in [5.74, 6) is -0.364. The van der Waals surface area contributed by atoms with Crippen LogP contribution in [-0.2, 0) is 14.4 Å². The molecular weight excluding hydrogens is 196 g/mol. The van der Waals surface area contributed by atoms with Gasteiger partial charge in [0.1, 0.15) is 0 Å². The van der Waals surface area contributed by atoms with Crippen molar-refractivity contribution in [2.45, 2.75) is 39.7 Å². The van der Waals surface area contributed by atoms with E-state index in [1.165, 1.54) is 20.8 Å². The highest BCUT2D eigenvalue weighted by Crippen LogP contribution is 1.98. The highest BCUT2D eigenvalue weighted by atomic mass is 16.2. The zero-order chi connectivity index (χ0) is 11.8. The molecule has 1 atom stereocenters. The van der Waals surface area contributed by atoms with Gasteiger partial charge in [0.05, 0.1) is 6.04 Å². The summed E-state index contributed by atoms with van der Waals surface area (Å²) in [7, 11) is 0. The lowest BCUT2D eigenvalue weighted by atomic mass is 10.1. The standard InChI is InChI=1S/C10H18N2O3/c1-7(13)10(12-9(3)15)5-4-6-11-8(2)14/h10H,4-6H2,1-3H3,(H,11,14)(H,12,15)/t10-/m0/s1. The molecule has 0 saturated carbocycles. The highest BCUT2D eigenvalue weighted by molar-refractivity contribution is 5.86. The summed E-state index contributed by atoms with van der Waals surface area (Å²) in [5.41, 5.74) is 0. The molecular formula is C10H18N2O3. The third-order valence-electron chi connectivity index (χ3n) is 1.91. The summed E-state index contributed by atoms with van der Waals surface area (Å²) in [6.45, 7) is 4.79. The van der Waals surface area contributed by atoms with E-state index in [9.17, 15) is 14.4 Å². The van der Waals surface area contributed by atoms with E-state index >= 15 is 0 Å². The second kappa shape index (κ2) is 6.98. The Labute approximate surface area is 89.6 Å². The number of Topliss-reactive ketones (excluding diaryl/α,β-unsaturated/α-hetero) is 1. The molecule has 0 unspecified atom stereocenters. The number of rotatable bonds is 6. The fraction of sp³-hybridized carbons (Fsp3) is 0.700. The Morgan fingerprint density at radius 2 is 1.67 bits per heavy atom. The molecule has 86 valence electrons. The Kier molecular flexibility index (Phi) is 6.33. The second-order valence-electron chi connectivity index (χ2n) is 3.49. The van der Waals surface area contributed by atoms with Gasteiger partial charge < -0.3 is 10.6 Å². The number of carbonyl (C=O) groups excluding carboxylic acids is 3. The van der Waals surface area contributed by atoms with Crippen molar-refractivity contribution in [3.8, 4) is 0 Å². The van der Waals surface area contributed by atoms with E-state index in [1.807, 2.05) is 0 Å². The van der Waals surface area contributed by atoms with E-state index in [2.05, 4.69) is 10.6 Å². The maximum Gasteiger partial charge on any atom is 0.217 e. The maximum absolute atomic E-state index is 11.1. The largest absolute Gasteiger partial charge is 0.356 e. The molecule has 0 rings (SSSR count). The first-order valence-corrected chi connectivity index (χ1v) is 4.95. The lowest BCUT2D eigenvalue weighted by molar-refractivity contribution is -0.125. The van der Waals surface area contributed by atoms with Crippen LogP contribution in [0, 0.1) is 0 Å². The topological polar surface area (TPSA) is 75.3 Å². The van der Waals surface area contributed by atoms with Crippen LogP contribution in [0.5, 0.6) is 0 Å². The van der Waals surface area contributed by atoms with Gasteiger partial charge in [-0.2, -0.15) is 0 Å². The van der Waals surface area contributed by atoms with Crippen LogP contribution in [0.4, 0.5) is 0 Å². The zero-order valence-corrected chi connectivity index (χ0v) is 9.42. The van der Waals surface area contributed by atoms with Crippen molar-refractivity contribution in [1.29, 1.82) is 0 Å². The predicted molar refractivity (Wildman–Crippen MR) is 56.2 cm³/mol. The third kappa shape index (κ3) is 7.66. The molecule has 2 N–H and O–H groups in total. The van der Waals surface area contributed by atoms with Crippen LogP contribution < -0.4 is 10.6 Å². The van der Waals surface area contributed by atoms with Crippen molar-refractivity contribution < 1.29 is 14.4 Å². The Hall–Kier alpha value is -1.39. The van der Waals surface area contributed by atoms with Crippen LogP contribution in [-0.4, -0.2) is 30.2 Å². The minimum absolute atomic E-state index is 0.0620. The molecule has 5 nitrogen and oxygen atoms in total. The molecule has 0 aliphatic heterocycles. The number of ketones is 1. The van der Waals surface area contributed by atoms with E-state index in [1.54, 1.807) is 0 Å². The molecule has 0 aromatic heterocycles. The second-order valence-corrected chi connectivity index (χ2v) is 3.49. The predicted octanol–water partition coefficient (Wildman–Crippen LogP) is -0.00360. The summed E-state index contributed by atoms with van der Waals surface area (Å²) in [4.78, 5) is 32.4. The van der Waals surface area contributed by atoms with Crippen molar-refractivity contribution in [3.05, 3.63) is 0 Å². The van der Waals surface area contributed by atoms with Crippen molar-refractivity contribution in [3.63, 3.8) is 0 Å². The van der Waals surface area contributed by atoms with Crippen molar-refractivity contribution >= 4 is 17.6 Å². The molecule has 0 bridgehead atoms. The first kappa shape index (κ1) is 13.6. The van der Waals surface area contributed by atoms with Crippen molar-refractivity contribution in [2.24, 2.45) is 0 Å². The summed E-state index contributed by atoms with van der Waals surface area (Å²) >= 11 is 0. The van der Waals surface area contributed by atoms with Gasteiger partial charge in [0, 0.05) is 20.4 Å². The SMILES string of the molecule is CC(=O)NCCC[C@H](NC(C)=O)C(C)=O. The summed E-state index contributed by atoms with van der Waals surface area (Å²) in [6.07, 6.45) is 1.22. The van der Waals surface area contributed by atoms with E-state index < -0.39 is 6.04 Å². The monoisotopic (exact) mass is 214 g/mol. The Morgan fingerprint density at radius 1 is 1.07 bits per heavy atom. The van der Waals surface area contributed by atoms with Gasteiger partial charge in [-0.25, -0.2) is 0 Å². The minimum Gasteiger partial charge on any atom is -0.356 e. The molecule has 0 saturated heterocycles. The van der Waals surface area contributed by atoms with E-state index in [0.717, 1.165) is 0 Å². The number of hydrogen-bond acceptors (Lipinski definition) is 3. The summed E-state index contributed by atoms with van der Waals surface area (Å²) in [5, 5.41) is 5.20. The smallest absolute Gasteiger partial charge is 0.217 e. The van der Waals surface area contributed by atoms with Crippen LogP contribution in [0.2, 0.25) is 0 Å². The Morgan fingerprint density at radius 3 is 2.07 bits per heavy atom. The van der Waals surface area contributed by atoms with Gasteiger partial charge in [-0.05, 0) is 19.8 Å². The molecule has 0 radical (unpaired) electrons. The normalized spacial score (nSPS) is 11.7. The molecule has 0 heterocycles. The molecule has 15 heavy (non-hydrogen) atoms. The lowest BCUT2D eigenvalue weighted by Gasteiger charge is -2.14. The minimum atomic E-state index is -0.434. The van der Waals surface area contributed by atoms with E-state index in [-0.39, 0.29) is 17.6 Å². The van der Waals surface area contributed by atoms with Crippen LogP contribution >= 0.6 is 0 Å². The Balaban J connectivity index is 3.81. The zero-order valence-electron chi connectivity index (χ0n) is 9.42. The quantitative estimate of drug-likeness (QED) is 0.611. The van der Waals surface area contributed by atoms with Crippen LogP contribution in [0.15, 0.2) is 0 Å². The number of carbonyl (C=O) groups is 3. The van der Waals surface area contributed by atoms with Gasteiger partial charge in [-0.15, -0.1) is 0 Å². The molecule has 0 spiro atoms. The highest BCUT2D eigenvalue weighted by Gasteiger charge is 2.14. The number of hydrogen-bond donors (Lipinski definition) is 2. The van der Waals surface area contributed by atoms with E-state index in [0.29, 0.717) is 19.4 Å². The van der Waals surface area contributed by atoms with Crippen molar-refractivity contribution in [2.75, 3.05) is 6.54 Å². The molecule has 2 amide bonds. The average molecular weight is 214 g/mol. The van der Waals surface area contributed by atoms with Crippen LogP contribution in [0.1, 0.15) is 33.6 Å². The Bertz CT molecular complexity index is 251. The van der Waals surface area contributed by atoms with Gasteiger partial charge in [0.2, 0.25) is 11.8 Å². The molecule has 0 fully saturated rings. The fourth-order valence-corrected chi connectivity index (χ4v) is 1.19. The molecule has 0 aromatic rings. The molecule has 0 aliphatic carbocycles. The first-order valence-electron chi connectivity index (χ1n) is 4.95. The van der Waals surface area contributed by atoms with Crippen LogP contribution in [0.3, 0.4) is 0 Å². The summed E-state index contributed by atoms with van der Waals surface area (Å²) < 4.78 is 0. The number of nitrogens with one attached hydrogen (secondary N) is 2. The van der Waals surface area contributed by atoms with Crippen molar-refractivity contribution in [1.82, 2.24) is 10.6 Å². The van der Waals surface area contributed by atoms with Gasteiger partial charge in [-0.1, -0.05) is 0 Å². The summed E-state index contributed by atoms with van der Waals surface area (Å²) in [6, 6.07) is -0.434.